The molecule has 0 unspecified atom stereocenters. The number of carbonyl (C=O) groups is 1. The van der Waals surface area contributed by atoms with E-state index in [1.165, 1.54) is 35.6 Å². The molecule has 4 rings (SSSR count). The maximum atomic E-state index is 13.1. The normalized spacial score (nSPS) is 10.7. The molecule has 0 N–H and O–H groups in total. The summed E-state index contributed by atoms with van der Waals surface area (Å²) in [5.74, 6) is 0.565. The highest BCUT2D eigenvalue weighted by Crippen LogP contribution is 2.32. The Morgan fingerprint density at radius 2 is 1.77 bits per heavy atom. The number of hydrogen-bond acceptors (Lipinski definition) is 5. The summed E-state index contributed by atoms with van der Waals surface area (Å²) in [4.78, 5) is 19.3. The summed E-state index contributed by atoms with van der Waals surface area (Å²) in [5.41, 5.74) is 1.77. The molecule has 0 atom stereocenters. The van der Waals surface area contributed by atoms with Gasteiger partial charge in [-0.2, -0.15) is 0 Å². The van der Waals surface area contributed by atoms with Crippen molar-refractivity contribution in [2.75, 3.05) is 18.6 Å². The standard InChI is InChI=1S/C23H19FN2O3S/c1-28-19-11-12-20-21(13-19)30-23(25-20)26(14-16-5-3-2-4-6-16)22(27)15-29-18-9-7-17(24)8-10-18/h2-13H,14-15H2,1H3. The van der Waals surface area contributed by atoms with Crippen LogP contribution in [0.2, 0.25) is 0 Å². The number of rotatable bonds is 7. The maximum Gasteiger partial charge on any atom is 0.267 e. The van der Waals surface area contributed by atoms with E-state index in [1.807, 2.05) is 48.5 Å². The molecule has 0 saturated heterocycles. The minimum absolute atomic E-state index is 0.183. The van der Waals surface area contributed by atoms with E-state index in [0.29, 0.717) is 17.4 Å². The third kappa shape index (κ3) is 4.58. The topological polar surface area (TPSA) is 51.7 Å². The lowest BCUT2D eigenvalue weighted by molar-refractivity contribution is -0.120. The Bertz CT molecular complexity index is 1150. The molecule has 1 aromatic heterocycles. The average Bonchev–Trinajstić information content (AvgIpc) is 3.20. The predicted octanol–water partition coefficient (Wildman–Crippen LogP) is 5.06. The number of thiazole rings is 1. The molecule has 1 amide bonds. The lowest BCUT2D eigenvalue weighted by atomic mass is 10.2. The third-order valence-electron chi connectivity index (χ3n) is 4.48. The summed E-state index contributed by atoms with van der Waals surface area (Å²) < 4.78 is 24.9. The van der Waals surface area contributed by atoms with Gasteiger partial charge in [-0.1, -0.05) is 41.7 Å². The largest absolute Gasteiger partial charge is 0.497 e. The van der Waals surface area contributed by atoms with E-state index in [-0.39, 0.29) is 18.3 Å². The summed E-state index contributed by atoms with van der Waals surface area (Å²) in [7, 11) is 1.61. The van der Waals surface area contributed by atoms with Gasteiger partial charge in [0.1, 0.15) is 17.3 Å². The first kappa shape index (κ1) is 19.8. The van der Waals surface area contributed by atoms with Gasteiger partial charge < -0.3 is 9.47 Å². The van der Waals surface area contributed by atoms with Crippen molar-refractivity contribution < 1.29 is 18.7 Å². The summed E-state index contributed by atoms with van der Waals surface area (Å²) >= 11 is 1.41. The number of benzene rings is 3. The Kier molecular flexibility index (Phi) is 5.90. The van der Waals surface area contributed by atoms with E-state index in [9.17, 15) is 9.18 Å². The zero-order chi connectivity index (χ0) is 20.9. The molecule has 7 heteroatoms. The zero-order valence-electron chi connectivity index (χ0n) is 16.2. The van der Waals surface area contributed by atoms with Crippen LogP contribution in [0.25, 0.3) is 10.2 Å². The second-order valence-corrected chi connectivity index (χ2v) is 7.55. The van der Waals surface area contributed by atoms with Gasteiger partial charge in [0.05, 0.1) is 23.9 Å². The molecule has 3 aromatic carbocycles. The summed E-state index contributed by atoms with van der Waals surface area (Å²) in [6, 6.07) is 20.9. The molecule has 4 aromatic rings. The van der Waals surface area contributed by atoms with Crippen LogP contribution in [0.15, 0.2) is 72.8 Å². The van der Waals surface area contributed by atoms with Gasteiger partial charge in [0, 0.05) is 0 Å². The molecule has 0 radical (unpaired) electrons. The van der Waals surface area contributed by atoms with Crippen molar-refractivity contribution in [3.8, 4) is 11.5 Å². The van der Waals surface area contributed by atoms with Gasteiger partial charge in [0.2, 0.25) is 0 Å². The van der Waals surface area contributed by atoms with E-state index in [2.05, 4.69) is 4.98 Å². The number of anilines is 1. The van der Waals surface area contributed by atoms with Crippen LogP contribution >= 0.6 is 11.3 Å². The number of carbonyl (C=O) groups excluding carboxylic acids is 1. The van der Waals surface area contributed by atoms with Gasteiger partial charge in [-0.25, -0.2) is 9.37 Å². The smallest absolute Gasteiger partial charge is 0.267 e. The van der Waals surface area contributed by atoms with Crippen LogP contribution < -0.4 is 14.4 Å². The molecule has 0 fully saturated rings. The molecule has 0 saturated carbocycles. The fraction of sp³-hybridized carbons (Fsp3) is 0.130. The molecule has 0 aliphatic heterocycles. The van der Waals surface area contributed by atoms with Crippen molar-refractivity contribution in [2.24, 2.45) is 0 Å². The second kappa shape index (κ2) is 8.92. The van der Waals surface area contributed by atoms with Crippen LogP contribution in [0.1, 0.15) is 5.56 Å². The lowest BCUT2D eigenvalue weighted by Gasteiger charge is -2.20. The van der Waals surface area contributed by atoms with Crippen molar-refractivity contribution in [1.82, 2.24) is 4.98 Å². The molecule has 0 aliphatic rings. The highest BCUT2D eigenvalue weighted by atomic mass is 32.1. The van der Waals surface area contributed by atoms with Gasteiger partial charge in [0.25, 0.3) is 5.91 Å². The first-order valence-corrected chi connectivity index (χ1v) is 10.1. The van der Waals surface area contributed by atoms with Crippen molar-refractivity contribution in [3.05, 3.63) is 84.2 Å². The first-order valence-electron chi connectivity index (χ1n) is 9.29. The van der Waals surface area contributed by atoms with Crippen LogP contribution in [0.3, 0.4) is 0 Å². The minimum atomic E-state index is -0.357. The number of aromatic nitrogens is 1. The predicted molar refractivity (Wildman–Crippen MR) is 116 cm³/mol. The lowest BCUT2D eigenvalue weighted by Crippen LogP contribution is -2.34. The van der Waals surface area contributed by atoms with Crippen molar-refractivity contribution >= 4 is 32.6 Å². The second-order valence-electron chi connectivity index (χ2n) is 6.54. The maximum absolute atomic E-state index is 13.1. The van der Waals surface area contributed by atoms with Crippen molar-refractivity contribution in [2.45, 2.75) is 6.54 Å². The Labute approximate surface area is 177 Å². The first-order chi connectivity index (χ1) is 14.6. The van der Waals surface area contributed by atoms with Crippen LogP contribution in [0.4, 0.5) is 9.52 Å². The molecule has 5 nitrogen and oxygen atoms in total. The highest BCUT2D eigenvalue weighted by Gasteiger charge is 2.21. The highest BCUT2D eigenvalue weighted by molar-refractivity contribution is 7.22. The molecule has 0 aliphatic carbocycles. The van der Waals surface area contributed by atoms with Gasteiger partial charge >= 0.3 is 0 Å². The number of methoxy groups -OCH3 is 1. The van der Waals surface area contributed by atoms with E-state index in [4.69, 9.17) is 9.47 Å². The van der Waals surface area contributed by atoms with Crippen LogP contribution in [0.5, 0.6) is 11.5 Å². The van der Waals surface area contributed by atoms with E-state index >= 15 is 0 Å². The number of nitrogens with zero attached hydrogens (tertiary/aromatic N) is 2. The van der Waals surface area contributed by atoms with Crippen molar-refractivity contribution in [1.29, 1.82) is 0 Å². The zero-order valence-corrected chi connectivity index (χ0v) is 17.1. The van der Waals surface area contributed by atoms with E-state index in [1.54, 1.807) is 12.0 Å². The molecule has 30 heavy (non-hydrogen) atoms. The number of hydrogen-bond donors (Lipinski definition) is 0. The quantitative estimate of drug-likeness (QED) is 0.418. The van der Waals surface area contributed by atoms with Gasteiger partial charge in [-0.05, 0) is 48.0 Å². The average molecular weight is 422 g/mol. The summed E-state index contributed by atoms with van der Waals surface area (Å²) in [5, 5.41) is 0.579. The van der Waals surface area contributed by atoms with E-state index in [0.717, 1.165) is 21.5 Å². The minimum Gasteiger partial charge on any atom is -0.497 e. The number of amides is 1. The van der Waals surface area contributed by atoms with Crippen molar-refractivity contribution in [3.63, 3.8) is 0 Å². The Morgan fingerprint density at radius 3 is 2.50 bits per heavy atom. The van der Waals surface area contributed by atoms with Gasteiger partial charge in [-0.15, -0.1) is 0 Å². The Morgan fingerprint density at radius 1 is 1.03 bits per heavy atom. The fourth-order valence-electron chi connectivity index (χ4n) is 2.92. The monoisotopic (exact) mass is 422 g/mol. The molecular formula is C23H19FN2O3S. The molecular weight excluding hydrogens is 403 g/mol. The Balaban J connectivity index is 1.60. The van der Waals surface area contributed by atoms with Gasteiger partial charge in [-0.3, -0.25) is 9.69 Å². The van der Waals surface area contributed by atoms with Gasteiger partial charge in [0.15, 0.2) is 11.7 Å². The summed E-state index contributed by atoms with van der Waals surface area (Å²) in [6.07, 6.45) is 0. The fourth-order valence-corrected chi connectivity index (χ4v) is 3.93. The molecule has 0 spiro atoms. The third-order valence-corrected chi connectivity index (χ3v) is 5.52. The van der Waals surface area contributed by atoms with E-state index < -0.39 is 0 Å². The molecule has 1 heterocycles. The number of halogens is 1. The molecule has 0 bridgehead atoms. The Hall–Kier alpha value is -3.45. The molecule has 152 valence electrons. The van der Waals surface area contributed by atoms with Crippen LogP contribution in [-0.2, 0) is 11.3 Å². The summed E-state index contributed by atoms with van der Waals surface area (Å²) in [6.45, 7) is 0.182. The SMILES string of the molecule is COc1ccc2nc(N(Cc3ccccc3)C(=O)COc3ccc(F)cc3)sc2c1. The number of ether oxygens (including phenoxy) is 2. The number of fused-ring (bicyclic) bond motifs is 1. The van der Waals surface area contributed by atoms with Crippen LogP contribution in [-0.4, -0.2) is 24.6 Å². The van der Waals surface area contributed by atoms with Crippen LogP contribution in [0, 0.1) is 5.82 Å².